The largest absolute Gasteiger partial charge is 0.357 e. The van der Waals surface area contributed by atoms with Crippen molar-refractivity contribution in [3.8, 4) is 0 Å². The lowest BCUT2D eigenvalue weighted by molar-refractivity contribution is -0.121. The summed E-state index contributed by atoms with van der Waals surface area (Å²) in [6.45, 7) is 11.4. The van der Waals surface area contributed by atoms with Gasteiger partial charge in [-0.3, -0.25) is 9.59 Å². The summed E-state index contributed by atoms with van der Waals surface area (Å²) in [6, 6.07) is 7.45. The molecule has 1 aromatic carbocycles. The molecule has 0 saturated carbocycles. The number of aliphatic imine (C=N–C) groups is 1. The predicted molar refractivity (Wildman–Crippen MR) is 105 cm³/mol. The van der Waals surface area contributed by atoms with Crippen molar-refractivity contribution in [1.82, 2.24) is 21.3 Å². The lowest BCUT2D eigenvalue weighted by Gasteiger charge is -2.20. The minimum Gasteiger partial charge on any atom is -0.357 e. The van der Waals surface area contributed by atoms with Gasteiger partial charge in [0.05, 0.1) is 0 Å². The molecule has 0 bridgehead atoms. The van der Waals surface area contributed by atoms with Crippen molar-refractivity contribution in [3.05, 3.63) is 35.4 Å². The Hall–Kier alpha value is -2.57. The summed E-state index contributed by atoms with van der Waals surface area (Å²) < 4.78 is 0. The summed E-state index contributed by atoms with van der Waals surface area (Å²) in [5, 5.41) is 11.9. The molecule has 1 rings (SSSR count). The average molecular weight is 361 g/mol. The minimum absolute atomic E-state index is 0.0439. The zero-order chi connectivity index (χ0) is 19.6. The molecule has 0 spiro atoms. The molecular formula is C19H31N5O2. The molecule has 0 fully saturated rings. The Kier molecular flexibility index (Phi) is 8.61. The summed E-state index contributed by atoms with van der Waals surface area (Å²) in [6.07, 6.45) is 0. The molecule has 26 heavy (non-hydrogen) atoms. The van der Waals surface area contributed by atoms with E-state index in [9.17, 15) is 9.59 Å². The van der Waals surface area contributed by atoms with E-state index in [0.717, 1.165) is 5.56 Å². The molecule has 0 atom stereocenters. The van der Waals surface area contributed by atoms with Gasteiger partial charge in [-0.1, -0.05) is 17.7 Å². The third kappa shape index (κ3) is 9.05. The first-order chi connectivity index (χ1) is 12.2. The number of benzene rings is 1. The van der Waals surface area contributed by atoms with Gasteiger partial charge in [0.25, 0.3) is 5.91 Å². The van der Waals surface area contributed by atoms with Gasteiger partial charge in [-0.2, -0.15) is 0 Å². The molecular weight excluding hydrogens is 330 g/mol. The third-order valence-corrected chi connectivity index (χ3v) is 3.22. The Morgan fingerprint density at radius 2 is 1.77 bits per heavy atom. The zero-order valence-corrected chi connectivity index (χ0v) is 16.4. The van der Waals surface area contributed by atoms with Crippen molar-refractivity contribution in [3.63, 3.8) is 0 Å². The molecule has 0 saturated heterocycles. The number of hydrogen-bond donors (Lipinski definition) is 4. The molecule has 0 aliphatic heterocycles. The van der Waals surface area contributed by atoms with Crippen LogP contribution in [0, 0.1) is 6.92 Å². The Morgan fingerprint density at radius 1 is 1.08 bits per heavy atom. The molecule has 0 unspecified atom stereocenters. The van der Waals surface area contributed by atoms with Gasteiger partial charge in [-0.05, 0) is 46.8 Å². The monoisotopic (exact) mass is 361 g/mol. The van der Waals surface area contributed by atoms with Gasteiger partial charge >= 0.3 is 0 Å². The van der Waals surface area contributed by atoms with E-state index in [1.165, 1.54) is 0 Å². The molecule has 0 aliphatic carbocycles. The van der Waals surface area contributed by atoms with Crippen LogP contribution >= 0.6 is 0 Å². The highest BCUT2D eigenvalue weighted by Crippen LogP contribution is 2.03. The number of nitrogens with zero attached hydrogens (tertiary/aromatic N) is 1. The molecule has 0 aromatic heterocycles. The molecule has 2 amide bonds. The second-order valence-electron chi connectivity index (χ2n) is 7.05. The number of carbonyl (C=O) groups is 2. The molecule has 1 aromatic rings. The topological polar surface area (TPSA) is 94.6 Å². The maximum Gasteiger partial charge on any atom is 0.251 e. The van der Waals surface area contributed by atoms with Crippen molar-refractivity contribution in [1.29, 1.82) is 0 Å². The molecule has 0 heterocycles. The first-order valence-electron chi connectivity index (χ1n) is 8.89. The highest BCUT2D eigenvalue weighted by molar-refractivity contribution is 5.94. The number of aryl methyl sites for hydroxylation is 1. The van der Waals surface area contributed by atoms with Crippen molar-refractivity contribution < 1.29 is 9.59 Å². The minimum atomic E-state index is -0.279. The van der Waals surface area contributed by atoms with Crippen LogP contribution in [-0.2, 0) is 4.79 Å². The maximum atomic E-state index is 12.1. The lowest BCUT2D eigenvalue weighted by Crippen LogP contribution is -2.44. The van der Waals surface area contributed by atoms with Gasteiger partial charge in [0.15, 0.2) is 5.96 Å². The van der Waals surface area contributed by atoms with E-state index in [1.807, 2.05) is 52.8 Å². The van der Waals surface area contributed by atoms with E-state index in [1.54, 1.807) is 6.07 Å². The maximum absolute atomic E-state index is 12.1. The van der Waals surface area contributed by atoms with Crippen LogP contribution in [0.1, 0.15) is 43.6 Å². The SMILES string of the molecule is CCNC(=NCC(=O)NC(C)(C)C)NCCNC(=O)c1cccc(C)c1. The zero-order valence-electron chi connectivity index (χ0n) is 16.4. The molecule has 4 N–H and O–H groups in total. The lowest BCUT2D eigenvalue weighted by atomic mass is 10.1. The number of amides is 2. The Labute approximate surface area is 156 Å². The van der Waals surface area contributed by atoms with E-state index >= 15 is 0 Å². The summed E-state index contributed by atoms with van der Waals surface area (Å²) in [7, 11) is 0. The van der Waals surface area contributed by atoms with E-state index in [-0.39, 0.29) is 23.9 Å². The molecule has 144 valence electrons. The molecule has 7 nitrogen and oxygen atoms in total. The standard InChI is InChI=1S/C19H31N5O2/c1-6-20-18(23-13-16(25)24-19(3,4)5)22-11-10-21-17(26)15-9-7-8-14(2)12-15/h7-9,12H,6,10-11,13H2,1-5H3,(H,21,26)(H,24,25)(H2,20,22,23). The van der Waals surface area contributed by atoms with Crippen LogP contribution in [0.25, 0.3) is 0 Å². The van der Waals surface area contributed by atoms with Crippen LogP contribution in [0.4, 0.5) is 0 Å². The fourth-order valence-corrected chi connectivity index (χ4v) is 2.20. The Bertz CT molecular complexity index is 635. The number of nitrogens with one attached hydrogen (secondary N) is 4. The van der Waals surface area contributed by atoms with Crippen molar-refractivity contribution in [2.24, 2.45) is 4.99 Å². The van der Waals surface area contributed by atoms with Crippen LogP contribution in [-0.4, -0.2) is 49.5 Å². The van der Waals surface area contributed by atoms with Gasteiger partial charge in [-0.15, -0.1) is 0 Å². The van der Waals surface area contributed by atoms with Gasteiger partial charge < -0.3 is 21.3 Å². The third-order valence-electron chi connectivity index (χ3n) is 3.22. The molecule has 0 radical (unpaired) electrons. The number of hydrogen-bond acceptors (Lipinski definition) is 3. The first-order valence-corrected chi connectivity index (χ1v) is 8.89. The van der Waals surface area contributed by atoms with Crippen molar-refractivity contribution in [2.45, 2.75) is 40.2 Å². The normalized spacial score (nSPS) is 11.7. The van der Waals surface area contributed by atoms with Gasteiger partial charge in [-0.25, -0.2) is 4.99 Å². The van der Waals surface area contributed by atoms with Crippen LogP contribution in [0.5, 0.6) is 0 Å². The van der Waals surface area contributed by atoms with Gasteiger partial charge in [0, 0.05) is 30.7 Å². The van der Waals surface area contributed by atoms with Crippen LogP contribution in [0.15, 0.2) is 29.3 Å². The van der Waals surface area contributed by atoms with Crippen molar-refractivity contribution in [2.75, 3.05) is 26.2 Å². The average Bonchev–Trinajstić information content (AvgIpc) is 2.54. The number of rotatable bonds is 7. The van der Waals surface area contributed by atoms with Gasteiger partial charge in [0.2, 0.25) is 5.91 Å². The fourth-order valence-electron chi connectivity index (χ4n) is 2.20. The van der Waals surface area contributed by atoms with E-state index in [2.05, 4.69) is 26.3 Å². The quantitative estimate of drug-likeness (QED) is 0.333. The van der Waals surface area contributed by atoms with E-state index < -0.39 is 0 Å². The van der Waals surface area contributed by atoms with Gasteiger partial charge in [0.1, 0.15) is 6.54 Å². The molecule has 0 aliphatic rings. The summed E-state index contributed by atoms with van der Waals surface area (Å²) in [4.78, 5) is 28.2. The van der Waals surface area contributed by atoms with Crippen LogP contribution < -0.4 is 21.3 Å². The highest BCUT2D eigenvalue weighted by Gasteiger charge is 2.13. The number of guanidine groups is 1. The van der Waals surface area contributed by atoms with Crippen LogP contribution in [0.2, 0.25) is 0 Å². The Morgan fingerprint density at radius 3 is 2.38 bits per heavy atom. The smallest absolute Gasteiger partial charge is 0.251 e. The van der Waals surface area contributed by atoms with Crippen LogP contribution in [0.3, 0.4) is 0 Å². The summed E-state index contributed by atoms with van der Waals surface area (Å²) in [5.41, 5.74) is 1.41. The van der Waals surface area contributed by atoms with E-state index in [0.29, 0.717) is 31.2 Å². The summed E-state index contributed by atoms with van der Waals surface area (Å²) >= 11 is 0. The van der Waals surface area contributed by atoms with E-state index in [4.69, 9.17) is 0 Å². The second-order valence-corrected chi connectivity index (χ2v) is 7.05. The molecule has 7 heteroatoms. The van der Waals surface area contributed by atoms with Crippen molar-refractivity contribution >= 4 is 17.8 Å². The number of carbonyl (C=O) groups excluding carboxylic acids is 2. The predicted octanol–water partition coefficient (Wildman–Crippen LogP) is 1.19. The fraction of sp³-hybridized carbons (Fsp3) is 0.526. The first kappa shape index (κ1) is 21.5. The highest BCUT2D eigenvalue weighted by atomic mass is 16.2. The summed E-state index contributed by atoms with van der Waals surface area (Å²) in [5.74, 6) is 0.297. The Balaban J connectivity index is 2.42. The second kappa shape index (κ2) is 10.4.